The number of benzene rings is 2. The van der Waals surface area contributed by atoms with E-state index in [-0.39, 0.29) is 10.8 Å². The van der Waals surface area contributed by atoms with Crippen molar-refractivity contribution in [3.05, 3.63) is 54.1 Å². The first-order chi connectivity index (χ1) is 12.8. The van der Waals surface area contributed by atoms with Crippen LogP contribution in [0.4, 0.5) is 5.69 Å². The van der Waals surface area contributed by atoms with E-state index >= 15 is 0 Å². The number of esters is 1. The predicted molar refractivity (Wildman–Crippen MR) is 99.2 cm³/mol. The van der Waals surface area contributed by atoms with Crippen molar-refractivity contribution in [1.29, 1.82) is 0 Å². The highest BCUT2D eigenvalue weighted by Gasteiger charge is 2.16. The zero-order valence-corrected chi connectivity index (χ0v) is 15.9. The van der Waals surface area contributed by atoms with Crippen LogP contribution in [0.15, 0.2) is 53.4 Å². The minimum absolute atomic E-state index is 0.0273. The molecular weight excluding hydrogens is 372 g/mol. The molecule has 144 valence electrons. The van der Waals surface area contributed by atoms with E-state index in [1.54, 1.807) is 6.92 Å². The van der Waals surface area contributed by atoms with Crippen LogP contribution >= 0.6 is 0 Å². The lowest BCUT2D eigenvalue weighted by Crippen LogP contribution is -2.33. The Balaban J connectivity index is 2.10. The third-order valence-electron chi connectivity index (χ3n) is 3.62. The number of carbonyl (C=O) groups excluding carboxylic acids is 2. The van der Waals surface area contributed by atoms with Gasteiger partial charge in [-0.05, 0) is 55.5 Å². The van der Waals surface area contributed by atoms with Gasteiger partial charge in [-0.15, -0.1) is 0 Å². The van der Waals surface area contributed by atoms with Crippen LogP contribution in [0, 0.1) is 0 Å². The van der Waals surface area contributed by atoms with Gasteiger partial charge in [0.15, 0.2) is 6.10 Å². The van der Waals surface area contributed by atoms with Crippen LogP contribution < -0.4 is 14.8 Å². The van der Waals surface area contributed by atoms with Gasteiger partial charge in [-0.25, -0.2) is 13.2 Å². The van der Waals surface area contributed by atoms with Crippen molar-refractivity contribution in [3.63, 3.8) is 0 Å². The van der Waals surface area contributed by atoms with Crippen molar-refractivity contribution in [2.75, 3.05) is 18.9 Å². The first-order valence-corrected chi connectivity index (χ1v) is 9.44. The molecule has 0 unspecified atom stereocenters. The van der Waals surface area contributed by atoms with Gasteiger partial charge >= 0.3 is 5.97 Å². The molecule has 0 heterocycles. The Labute approximate surface area is 157 Å². The van der Waals surface area contributed by atoms with Crippen molar-refractivity contribution in [1.82, 2.24) is 5.32 Å². The highest BCUT2D eigenvalue weighted by molar-refractivity contribution is 7.92. The lowest BCUT2D eigenvalue weighted by Gasteiger charge is -2.14. The normalized spacial score (nSPS) is 12.0. The summed E-state index contributed by atoms with van der Waals surface area (Å²) in [6.07, 6.45) is -0.705. The number of methoxy groups -OCH3 is 1. The molecule has 0 bridgehead atoms. The molecule has 0 aromatic heterocycles. The zero-order chi connectivity index (χ0) is 20.0. The molecule has 1 amide bonds. The number of ether oxygens (including phenoxy) is 2. The number of sulfonamides is 1. The summed E-state index contributed by atoms with van der Waals surface area (Å²) in [5.74, 6) is -0.428. The zero-order valence-electron chi connectivity index (χ0n) is 15.1. The van der Waals surface area contributed by atoms with Gasteiger partial charge in [0.1, 0.15) is 5.75 Å². The fraction of sp³-hybridized carbons (Fsp3) is 0.222. The smallest absolute Gasteiger partial charge is 0.337 e. The number of nitrogens with one attached hydrogen (secondary N) is 2. The summed E-state index contributed by atoms with van der Waals surface area (Å²) in [5.41, 5.74) is 0.614. The molecule has 0 saturated heterocycles. The summed E-state index contributed by atoms with van der Waals surface area (Å²) in [6, 6.07) is 11.5. The largest absolute Gasteiger partial charge is 0.481 e. The minimum atomic E-state index is -3.82. The Kier molecular flexibility index (Phi) is 6.40. The lowest BCUT2D eigenvalue weighted by atomic mass is 10.2. The van der Waals surface area contributed by atoms with Crippen molar-refractivity contribution in [2.24, 2.45) is 0 Å². The number of hydrogen-bond acceptors (Lipinski definition) is 6. The molecule has 0 spiro atoms. The van der Waals surface area contributed by atoms with Crippen LogP contribution in [-0.2, 0) is 19.6 Å². The van der Waals surface area contributed by atoms with Crippen LogP contribution in [0.1, 0.15) is 17.3 Å². The molecule has 2 aromatic carbocycles. The Morgan fingerprint density at radius 3 is 2.11 bits per heavy atom. The molecule has 2 aromatic rings. The van der Waals surface area contributed by atoms with Gasteiger partial charge in [0, 0.05) is 12.7 Å². The number of likely N-dealkylation sites (N-methyl/N-ethyl adjacent to an activating group) is 1. The summed E-state index contributed by atoms with van der Waals surface area (Å²) < 4.78 is 37.4. The van der Waals surface area contributed by atoms with E-state index in [2.05, 4.69) is 14.8 Å². The van der Waals surface area contributed by atoms with E-state index < -0.39 is 22.1 Å². The molecule has 0 aliphatic heterocycles. The van der Waals surface area contributed by atoms with Crippen molar-refractivity contribution < 1.29 is 27.5 Å². The standard InChI is InChI=1S/C18H20N2O6S/c1-12(17(21)19-2)26-15-8-10-16(11-9-15)27(23,24)20-14-6-4-13(5-7-14)18(22)25-3/h4-12,20H,1-3H3,(H,19,21)/t12-/m0/s1. The molecule has 2 rings (SSSR count). The number of rotatable bonds is 7. The molecule has 0 fully saturated rings. The molecule has 27 heavy (non-hydrogen) atoms. The second-order valence-corrected chi connectivity index (χ2v) is 7.20. The maximum atomic E-state index is 12.5. The average Bonchev–Trinajstić information content (AvgIpc) is 2.67. The van der Waals surface area contributed by atoms with Crippen molar-refractivity contribution >= 4 is 27.6 Å². The van der Waals surface area contributed by atoms with Gasteiger partial charge < -0.3 is 14.8 Å². The molecule has 1 atom stereocenters. The first kappa shape index (κ1) is 20.2. The van der Waals surface area contributed by atoms with Gasteiger partial charge in [0.25, 0.3) is 15.9 Å². The summed E-state index contributed by atoms with van der Waals surface area (Å²) in [4.78, 5) is 22.9. The molecule has 0 radical (unpaired) electrons. The van der Waals surface area contributed by atoms with Gasteiger partial charge in [0.05, 0.1) is 17.6 Å². The number of carbonyl (C=O) groups is 2. The summed E-state index contributed by atoms with van der Waals surface area (Å²) >= 11 is 0. The maximum absolute atomic E-state index is 12.5. The first-order valence-electron chi connectivity index (χ1n) is 7.96. The Hall–Kier alpha value is -3.07. The lowest BCUT2D eigenvalue weighted by molar-refractivity contribution is -0.126. The second-order valence-electron chi connectivity index (χ2n) is 5.52. The molecule has 0 aliphatic rings. The summed E-state index contributed by atoms with van der Waals surface area (Å²) in [7, 11) is -1.05. The van der Waals surface area contributed by atoms with Crippen LogP contribution in [0.3, 0.4) is 0 Å². The predicted octanol–water partition coefficient (Wildman–Crippen LogP) is 1.79. The Morgan fingerprint density at radius 2 is 1.59 bits per heavy atom. The van der Waals surface area contributed by atoms with Gasteiger partial charge in [-0.2, -0.15) is 0 Å². The Bertz CT molecular complexity index is 908. The van der Waals surface area contributed by atoms with Crippen LogP contribution in [-0.4, -0.2) is 40.6 Å². The van der Waals surface area contributed by atoms with Gasteiger partial charge in [0.2, 0.25) is 0 Å². The second kappa shape index (κ2) is 8.54. The highest BCUT2D eigenvalue weighted by atomic mass is 32.2. The molecular formula is C18H20N2O6S. The molecule has 0 aliphatic carbocycles. The maximum Gasteiger partial charge on any atom is 0.337 e. The SMILES string of the molecule is CNC(=O)[C@H](C)Oc1ccc(S(=O)(=O)Nc2ccc(C(=O)OC)cc2)cc1. The molecule has 9 heteroatoms. The van der Waals surface area contributed by atoms with Crippen LogP contribution in [0.25, 0.3) is 0 Å². The van der Waals surface area contributed by atoms with Crippen LogP contribution in [0.5, 0.6) is 5.75 Å². The van der Waals surface area contributed by atoms with Gasteiger partial charge in [-0.1, -0.05) is 0 Å². The van der Waals surface area contributed by atoms with E-state index in [0.717, 1.165) is 0 Å². The number of amides is 1. The molecule has 2 N–H and O–H groups in total. The van der Waals surface area contributed by atoms with E-state index in [1.807, 2.05) is 0 Å². The fourth-order valence-corrected chi connectivity index (χ4v) is 3.22. The third kappa shape index (κ3) is 5.20. The Morgan fingerprint density at radius 1 is 1.00 bits per heavy atom. The van der Waals surface area contributed by atoms with E-state index in [1.165, 1.54) is 62.7 Å². The topological polar surface area (TPSA) is 111 Å². The quantitative estimate of drug-likeness (QED) is 0.695. The highest BCUT2D eigenvalue weighted by Crippen LogP contribution is 2.20. The van der Waals surface area contributed by atoms with Gasteiger partial charge in [-0.3, -0.25) is 9.52 Å². The summed E-state index contributed by atoms with van der Waals surface area (Å²) in [6.45, 7) is 1.59. The minimum Gasteiger partial charge on any atom is -0.481 e. The number of hydrogen-bond donors (Lipinski definition) is 2. The average molecular weight is 392 g/mol. The molecule has 8 nitrogen and oxygen atoms in total. The van der Waals surface area contributed by atoms with E-state index in [0.29, 0.717) is 17.0 Å². The summed E-state index contributed by atoms with van der Waals surface area (Å²) in [5, 5.41) is 2.46. The van der Waals surface area contributed by atoms with E-state index in [4.69, 9.17) is 4.74 Å². The van der Waals surface area contributed by atoms with Crippen LogP contribution in [0.2, 0.25) is 0 Å². The van der Waals surface area contributed by atoms with E-state index in [9.17, 15) is 18.0 Å². The van der Waals surface area contributed by atoms with Crippen molar-refractivity contribution in [3.8, 4) is 5.75 Å². The monoisotopic (exact) mass is 392 g/mol. The third-order valence-corrected chi connectivity index (χ3v) is 5.02. The number of anilines is 1. The molecule has 0 saturated carbocycles. The fourth-order valence-electron chi connectivity index (χ4n) is 2.16. The van der Waals surface area contributed by atoms with Crippen molar-refractivity contribution in [2.45, 2.75) is 17.9 Å².